The van der Waals surface area contributed by atoms with Crippen LogP contribution >= 0.6 is 11.8 Å². The lowest BCUT2D eigenvalue weighted by molar-refractivity contribution is -0.178. The molecule has 116 valence electrons. The minimum Gasteiger partial charge on any atom is -0.388 e. The van der Waals surface area contributed by atoms with Gasteiger partial charge >= 0.3 is 0 Å². The number of rotatable bonds is 4. The number of ether oxygens (including phenoxy) is 1. The Morgan fingerprint density at radius 3 is 2.76 bits per heavy atom. The average Bonchev–Trinajstić information content (AvgIpc) is 2.47. The lowest BCUT2D eigenvalue weighted by Crippen LogP contribution is -2.55. The first-order valence-corrected chi connectivity index (χ1v) is 7.26. The van der Waals surface area contributed by atoms with Crippen LogP contribution in [0.3, 0.4) is 0 Å². The number of aldehydes is 1. The zero-order chi connectivity index (χ0) is 15.6. The molecule has 1 saturated heterocycles. The Morgan fingerprint density at radius 1 is 1.43 bits per heavy atom. The molecule has 10 heteroatoms. The topological polar surface area (TPSA) is 145 Å². The normalized spacial score (nSPS) is 29.1. The number of hydrogen-bond donors (Lipinski definition) is 5. The van der Waals surface area contributed by atoms with Crippen molar-refractivity contribution < 1.29 is 24.9 Å². The van der Waals surface area contributed by atoms with Crippen molar-refractivity contribution in [3.8, 4) is 0 Å². The van der Waals surface area contributed by atoms with Gasteiger partial charge in [0.25, 0.3) is 5.56 Å². The number of aliphatic hydroxyl groups excluding tert-OH is 3. The highest BCUT2D eigenvalue weighted by atomic mass is 32.2. The van der Waals surface area contributed by atoms with Crippen LogP contribution in [0.5, 0.6) is 0 Å². The molecule has 1 aromatic rings. The highest BCUT2D eigenvalue weighted by molar-refractivity contribution is 7.98. The largest absolute Gasteiger partial charge is 0.388 e. The number of anilines is 1. The molecular formula is C11H15N3O6S. The maximum atomic E-state index is 11.7. The number of carbonyl (C=O) groups is 1. The second kappa shape index (κ2) is 6.54. The fourth-order valence-electron chi connectivity index (χ4n) is 1.85. The minimum atomic E-state index is -1.44. The zero-order valence-electron chi connectivity index (χ0n) is 11.0. The van der Waals surface area contributed by atoms with Crippen molar-refractivity contribution in [2.45, 2.75) is 29.7 Å². The molecule has 0 amide bonds. The van der Waals surface area contributed by atoms with E-state index in [1.54, 1.807) is 6.26 Å². The summed E-state index contributed by atoms with van der Waals surface area (Å²) in [5.41, 5.74) is -0.873. The maximum absolute atomic E-state index is 11.7. The Kier molecular flexibility index (Phi) is 4.96. The molecule has 0 radical (unpaired) electrons. The first-order valence-electron chi connectivity index (χ1n) is 6.03. The Balaban J connectivity index is 2.28. The molecule has 2 heterocycles. The van der Waals surface area contributed by atoms with E-state index in [1.807, 2.05) is 0 Å². The number of H-pyrrole nitrogens is 1. The van der Waals surface area contributed by atoms with Gasteiger partial charge in [-0.15, -0.1) is 0 Å². The van der Waals surface area contributed by atoms with Gasteiger partial charge in [0.1, 0.15) is 29.7 Å². The van der Waals surface area contributed by atoms with Crippen LogP contribution in [-0.2, 0) is 4.74 Å². The number of thioether (sulfide) groups is 1. The highest BCUT2D eigenvalue weighted by Crippen LogP contribution is 2.19. The van der Waals surface area contributed by atoms with Crippen molar-refractivity contribution in [3.05, 3.63) is 15.9 Å². The van der Waals surface area contributed by atoms with E-state index in [9.17, 15) is 24.9 Å². The molecule has 0 saturated carbocycles. The lowest BCUT2D eigenvalue weighted by atomic mass is 10.0. The van der Waals surface area contributed by atoms with E-state index in [4.69, 9.17) is 4.74 Å². The van der Waals surface area contributed by atoms with Gasteiger partial charge in [0, 0.05) is 0 Å². The van der Waals surface area contributed by atoms with Gasteiger partial charge in [-0.2, -0.15) is 0 Å². The Labute approximate surface area is 123 Å². The van der Waals surface area contributed by atoms with Gasteiger partial charge in [0.15, 0.2) is 17.7 Å². The van der Waals surface area contributed by atoms with Crippen LogP contribution < -0.4 is 10.9 Å². The number of hydrogen-bond acceptors (Lipinski definition) is 9. The number of nitrogens with one attached hydrogen (secondary N) is 2. The van der Waals surface area contributed by atoms with Crippen LogP contribution in [0.15, 0.2) is 9.95 Å². The molecule has 4 atom stereocenters. The van der Waals surface area contributed by atoms with Crippen molar-refractivity contribution in [1.29, 1.82) is 0 Å². The summed E-state index contributed by atoms with van der Waals surface area (Å²) >= 11 is 1.16. The Bertz CT molecular complexity index is 580. The van der Waals surface area contributed by atoms with Crippen LogP contribution in [0.1, 0.15) is 10.4 Å². The summed E-state index contributed by atoms with van der Waals surface area (Å²) < 4.78 is 5.14. The van der Waals surface area contributed by atoms with Gasteiger partial charge in [-0.3, -0.25) is 9.59 Å². The number of aromatic nitrogens is 2. The molecular weight excluding hydrogens is 302 g/mol. The SMILES string of the molecule is CSc1nc(N[C@@H]2OC[C@@H](O)[C@@H](O)[C@@H]2O)c(C=O)c(=O)[nH]1. The summed E-state index contributed by atoms with van der Waals surface area (Å²) in [7, 11) is 0. The Hall–Kier alpha value is -1.46. The number of nitrogens with zero attached hydrogens (tertiary/aromatic N) is 1. The molecule has 0 aromatic carbocycles. The van der Waals surface area contributed by atoms with E-state index in [-0.39, 0.29) is 23.1 Å². The third kappa shape index (κ3) is 3.24. The van der Waals surface area contributed by atoms with E-state index >= 15 is 0 Å². The van der Waals surface area contributed by atoms with Crippen LogP contribution in [0.2, 0.25) is 0 Å². The molecule has 1 aromatic heterocycles. The molecule has 1 fully saturated rings. The van der Waals surface area contributed by atoms with Gasteiger partial charge < -0.3 is 30.4 Å². The molecule has 0 bridgehead atoms. The van der Waals surface area contributed by atoms with Gasteiger partial charge in [0.05, 0.1) is 6.61 Å². The summed E-state index contributed by atoms with van der Waals surface area (Å²) in [4.78, 5) is 29.1. The molecule has 2 rings (SSSR count). The molecule has 1 aliphatic rings. The molecule has 5 N–H and O–H groups in total. The number of aliphatic hydroxyl groups is 3. The first-order chi connectivity index (χ1) is 9.97. The van der Waals surface area contributed by atoms with Crippen LogP contribution in [-0.4, -0.2) is 69.0 Å². The molecule has 0 spiro atoms. The summed E-state index contributed by atoms with van der Waals surface area (Å²) in [6.45, 7) is -0.203. The van der Waals surface area contributed by atoms with Crippen LogP contribution in [0, 0.1) is 0 Å². The minimum absolute atomic E-state index is 0.0641. The quantitative estimate of drug-likeness (QED) is 0.245. The fraction of sp³-hybridized carbons (Fsp3) is 0.545. The standard InChI is InChI=1S/C11H15N3O6S/c1-21-11-13-8(4(2-15)9(19)14-11)12-10-7(18)6(17)5(16)3-20-10/h2,5-7,10,16-18H,3H2,1H3,(H2,12,13,14,19)/t5-,6-,7+,10-/m1/s1. The van der Waals surface area contributed by atoms with E-state index < -0.39 is 30.1 Å². The smallest absolute Gasteiger partial charge is 0.264 e. The summed E-state index contributed by atoms with van der Waals surface area (Å²) in [6, 6.07) is 0. The van der Waals surface area contributed by atoms with Crippen molar-refractivity contribution in [2.75, 3.05) is 18.2 Å². The summed E-state index contributed by atoms with van der Waals surface area (Å²) in [6.07, 6.45) is -3.14. The van der Waals surface area contributed by atoms with Crippen molar-refractivity contribution in [2.24, 2.45) is 0 Å². The third-order valence-corrected chi connectivity index (χ3v) is 3.60. The predicted octanol–water partition coefficient (Wildman–Crippen LogP) is -1.84. The monoisotopic (exact) mass is 317 g/mol. The van der Waals surface area contributed by atoms with Gasteiger partial charge in [0.2, 0.25) is 0 Å². The fourth-order valence-corrected chi connectivity index (χ4v) is 2.22. The number of aromatic amines is 1. The third-order valence-electron chi connectivity index (χ3n) is 3.02. The van der Waals surface area contributed by atoms with Crippen LogP contribution in [0.25, 0.3) is 0 Å². The van der Waals surface area contributed by atoms with Gasteiger partial charge in [-0.25, -0.2) is 4.98 Å². The van der Waals surface area contributed by atoms with E-state index in [0.29, 0.717) is 6.29 Å². The van der Waals surface area contributed by atoms with E-state index in [0.717, 1.165) is 11.8 Å². The van der Waals surface area contributed by atoms with Crippen molar-refractivity contribution in [1.82, 2.24) is 9.97 Å². The summed E-state index contributed by atoms with van der Waals surface area (Å²) in [5.74, 6) is -0.0641. The zero-order valence-corrected chi connectivity index (χ0v) is 11.8. The van der Waals surface area contributed by atoms with Gasteiger partial charge in [-0.1, -0.05) is 11.8 Å². The molecule has 21 heavy (non-hydrogen) atoms. The van der Waals surface area contributed by atoms with E-state index in [1.165, 1.54) is 0 Å². The Morgan fingerprint density at radius 2 is 2.14 bits per heavy atom. The maximum Gasteiger partial charge on any atom is 0.264 e. The van der Waals surface area contributed by atoms with E-state index in [2.05, 4.69) is 15.3 Å². The van der Waals surface area contributed by atoms with Crippen molar-refractivity contribution in [3.63, 3.8) is 0 Å². The second-order valence-corrected chi connectivity index (χ2v) is 5.20. The summed E-state index contributed by atoms with van der Waals surface area (Å²) in [5, 5.41) is 31.7. The van der Waals surface area contributed by atoms with Gasteiger partial charge in [-0.05, 0) is 6.26 Å². The predicted molar refractivity (Wildman–Crippen MR) is 73.4 cm³/mol. The molecule has 0 aliphatic carbocycles. The molecule has 9 nitrogen and oxygen atoms in total. The average molecular weight is 317 g/mol. The van der Waals surface area contributed by atoms with Crippen molar-refractivity contribution >= 4 is 23.9 Å². The first kappa shape index (κ1) is 15.9. The molecule has 1 aliphatic heterocycles. The number of carbonyl (C=O) groups excluding carboxylic acids is 1. The molecule has 0 unspecified atom stereocenters. The second-order valence-electron chi connectivity index (χ2n) is 4.40. The highest BCUT2D eigenvalue weighted by Gasteiger charge is 2.38. The lowest BCUT2D eigenvalue weighted by Gasteiger charge is -2.35. The van der Waals surface area contributed by atoms with Crippen LogP contribution in [0.4, 0.5) is 5.82 Å².